The molecule has 8 heteroatoms. The van der Waals surface area contributed by atoms with Crippen molar-refractivity contribution in [2.24, 2.45) is 11.3 Å². The van der Waals surface area contributed by atoms with Gasteiger partial charge in [-0.1, -0.05) is 52.3 Å². The zero-order chi connectivity index (χ0) is 24.8. The van der Waals surface area contributed by atoms with Crippen LogP contribution in [0.3, 0.4) is 0 Å². The molecule has 1 aliphatic heterocycles. The molecule has 0 saturated heterocycles. The first-order valence-electron chi connectivity index (χ1n) is 11.4. The van der Waals surface area contributed by atoms with Gasteiger partial charge in [0, 0.05) is 18.0 Å². The van der Waals surface area contributed by atoms with Crippen molar-refractivity contribution in [3.8, 4) is 0 Å². The van der Waals surface area contributed by atoms with Crippen LogP contribution in [0.2, 0.25) is 0 Å². The minimum atomic E-state index is -1.82. The van der Waals surface area contributed by atoms with Crippen LogP contribution in [0.15, 0.2) is 65.0 Å². The summed E-state index contributed by atoms with van der Waals surface area (Å²) in [5.41, 5.74) is 0.580. The van der Waals surface area contributed by atoms with E-state index in [1.54, 1.807) is 22.5 Å². The highest BCUT2D eigenvalue weighted by atomic mass is 32.2. The fourth-order valence-electron chi connectivity index (χ4n) is 3.59. The topological polar surface area (TPSA) is 66.7 Å². The van der Waals surface area contributed by atoms with Gasteiger partial charge in [-0.3, -0.25) is 14.4 Å². The maximum atomic E-state index is 13.9. The molecule has 33 heavy (non-hydrogen) atoms. The molecular weight excluding hydrogens is 441 g/mol. The Balaban J connectivity index is 0.000000866. The standard InChI is InChI=1S/C21H28FN3O3S.C4H8/c1-6-18-17(14-16(3)22)21(4,12-13-23(5)7-2)15-24(18)29(28)20-11-9-8-10-19(20)25(26)27;1-4-2-3-4/h6,8-11,14H,1,7,12-13,15H2,2-5H3;4H,2-3H2,1H3/b16-14+;. The summed E-state index contributed by atoms with van der Waals surface area (Å²) in [5.74, 6) is 0.729. The van der Waals surface area contributed by atoms with Crippen LogP contribution in [0.25, 0.3) is 0 Å². The van der Waals surface area contributed by atoms with Crippen molar-refractivity contribution in [2.45, 2.75) is 51.9 Å². The Morgan fingerprint density at radius 3 is 2.52 bits per heavy atom. The molecule has 0 radical (unpaired) electrons. The van der Waals surface area contributed by atoms with Crippen LogP contribution in [-0.4, -0.2) is 45.0 Å². The van der Waals surface area contributed by atoms with Gasteiger partial charge in [0.2, 0.25) is 0 Å². The average Bonchev–Trinajstić information content (AvgIpc) is 3.52. The van der Waals surface area contributed by atoms with E-state index in [2.05, 4.69) is 25.3 Å². The number of hydrogen-bond donors (Lipinski definition) is 0. The van der Waals surface area contributed by atoms with Crippen molar-refractivity contribution in [3.05, 3.63) is 70.2 Å². The van der Waals surface area contributed by atoms with Gasteiger partial charge in [0.05, 0.1) is 16.4 Å². The third-order valence-electron chi connectivity index (χ3n) is 6.13. The van der Waals surface area contributed by atoms with Crippen LogP contribution in [0.5, 0.6) is 0 Å². The van der Waals surface area contributed by atoms with E-state index in [9.17, 15) is 18.7 Å². The Morgan fingerprint density at radius 1 is 1.42 bits per heavy atom. The molecule has 1 heterocycles. The van der Waals surface area contributed by atoms with E-state index in [0.717, 1.165) is 25.4 Å². The molecule has 0 spiro atoms. The summed E-state index contributed by atoms with van der Waals surface area (Å²) in [4.78, 5) is 13.1. The first kappa shape index (κ1) is 26.9. The summed E-state index contributed by atoms with van der Waals surface area (Å²) >= 11 is 0. The van der Waals surface area contributed by atoms with Gasteiger partial charge in [-0.2, -0.15) is 0 Å². The van der Waals surface area contributed by atoms with Gasteiger partial charge in [0.25, 0.3) is 5.69 Å². The lowest BCUT2D eigenvalue weighted by molar-refractivity contribution is -0.387. The van der Waals surface area contributed by atoms with Crippen molar-refractivity contribution in [1.29, 1.82) is 0 Å². The third-order valence-corrected chi connectivity index (χ3v) is 7.57. The zero-order valence-electron chi connectivity index (χ0n) is 20.3. The molecule has 6 nitrogen and oxygen atoms in total. The third kappa shape index (κ3) is 7.08. The lowest BCUT2D eigenvalue weighted by Gasteiger charge is -2.29. The molecule has 1 saturated carbocycles. The molecule has 2 aliphatic rings. The minimum absolute atomic E-state index is 0.118. The van der Waals surface area contributed by atoms with E-state index < -0.39 is 21.3 Å². The highest BCUT2D eigenvalue weighted by Gasteiger charge is 2.42. The second-order valence-electron chi connectivity index (χ2n) is 9.13. The number of allylic oxidation sites excluding steroid dienone is 3. The summed E-state index contributed by atoms with van der Waals surface area (Å²) in [5, 5.41) is 11.4. The SMILES string of the molecule is C=CC1=C(/C=C(\C)F)C(C)(CCN(C)CC)CN1S(=O)c1ccccc1[N+](=O)[O-].CC1CC1. The molecule has 0 aromatic heterocycles. The van der Waals surface area contributed by atoms with Crippen LogP contribution in [-0.2, 0) is 11.0 Å². The number of para-hydroxylation sites is 1. The number of benzene rings is 1. The normalized spacial score (nSPS) is 21.7. The molecule has 1 aromatic carbocycles. The predicted octanol–water partition coefficient (Wildman–Crippen LogP) is 6.01. The Morgan fingerprint density at radius 2 is 2.03 bits per heavy atom. The largest absolute Gasteiger partial charge is 0.307 e. The zero-order valence-corrected chi connectivity index (χ0v) is 21.2. The summed E-state index contributed by atoms with van der Waals surface area (Å²) in [6, 6.07) is 5.99. The molecule has 2 unspecified atom stereocenters. The monoisotopic (exact) mass is 477 g/mol. The maximum Gasteiger partial charge on any atom is 0.287 e. The van der Waals surface area contributed by atoms with E-state index in [1.165, 1.54) is 38.0 Å². The Kier molecular flexibility index (Phi) is 9.55. The van der Waals surface area contributed by atoms with Crippen molar-refractivity contribution in [1.82, 2.24) is 9.21 Å². The molecule has 0 N–H and O–H groups in total. The number of nitrogens with zero attached hydrogens (tertiary/aromatic N) is 3. The van der Waals surface area contributed by atoms with Crippen LogP contribution < -0.4 is 0 Å². The molecular formula is C25H36FN3O3S. The van der Waals surface area contributed by atoms with E-state index >= 15 is 0 Å². The van der Waals surface area contributed by atoms with Gasteiger partial charge < -0.3 is 4.90 Å². The summed E-state index contributed by atoms with van der Waals surface area (Å²) in [6.45, 7) is 13.6. The molecule has 0 amide bonds. The first-order chi connectivity index (χ1) is 15.5. The minimum Gasteiger partial charge on any atom is -0.307 e. The van der Waals surface area contributed by atoms with Gasteiger partial charge in [-0.15, -0.1) is 0 Å². The van der Waals surface area contributed by atoms with Crippen LogP contribution in [0.1, 0.15) is 47.0 Å². The lowest BCUT2D eigenvalue weighted by atomic mass is 9.80. The summed E-state index contributed by atoms with van der Waals surface area (Å²) in [7, 11) is 0.188. The van der Waals surface area contributed by atoms with Crippen molar-refractivity contribution in [2.75, 3.05) is 26.7 Å². The number of halogens is 1. The molecule has 1 fully saturated rings. The molecule has 2 atom stereocenters. The highest BCUT2D eigenvalue weighted by Crippen LogP contribution is 2.45. The quantitative estimate of drug-likeness (QED) is 0.323. The second kappa shape index (κ2) is 11.7. The number of nitro benzene ring substituents is 1. The van der Waals surface area contributed by atoms with Crippen molar-refractivity contribution < 1.29 is 13.5 Å². The second-order valence-corrected chi connectivity index (χ2v) is 10.5. The van der Waals surface area contributed by atoms with E-state index in [-0.39, 0.29) is 16.4 Å². The predicted molar refractivity (Wildman–Crippen MR) is 133 cm³/mol. The first-order valence-corrected chi connectivity index (χ1v) is 12.5. The molecule has 1 aromatic rings. The average molecular weight is 478 g/mol. The van der Waals surface area contributed by atoms with Gasteiger partial charge >= 0.3 is 0 Å². The van der Waals surface area contributed by atoms with Crippen LogP contribution >= 0.6 is 0 Å². The molecule has 3 rings (SSSR count). The van der Waals surface area contributed by atoms with E-state index in [1.807, 2.05) is 14.0 Å². The Labute approximate surface area is 199 Å². The maximum absolute atomic E-state index is 13.9. The number of nitro groups is 1. The molecule has 0 bridgehead atoms. The lowest BCUT2D eigenvalue weighted by Crippen LogP contribution is -2.32. The number of hydrogen-bond acceptors (Lipinski definition) is 4. The summed E-state index contributed by atoms with van der Waals surface area (Å²) in [6.07, 6.45) is 6.70. The van der Waals surface area contributed by atoms with Gasteiger partial charge in [0.15, 0.2) is 11.0 Å². The summed E-state index contributed by atoms with van der Waals surface area (Å²) < 4.78 is 28.9. The van der Waals surface area contributed by atoms with Crippen LogP contribution in [0, 0.1) is 21.4 Å². The van der Waals surface area contributed by atoms with Crippen LogP contribution in [0.4, 0.5) is 10.1 Å². The van der Waals surface area contributed by atoms with E-state index in [4.69, 9.17) is 0 Å². The van der Waals surface area contributed by atoms with Gasteiger partial charge in [-0.05, 0) is 63.2 Å². The Bertz CT molecular complexity index is 954. The van der Waals surface area contributed by atoms with Gasteiger partial charge in [0.1, 0.15) is 4.90 Å². The van der Waals surface area contributed by atoms with Gasteiger partial charge in [-0.25, -0.2) is 8.60 Å². The van der Waals surface area contributed by atoms with Crippen molar-refractivity contribution in [3.63, 3.8) is 0 Å². The molecule has 182 valence electrons. The fraction of sp³-hybridized carbons (Fsp3) is 0.520. The highest BCUT2D eigenvalue weighted by molar-refractivity contribution is 7.83. The van der Waals surface area contributed by atoms with Crippen molar-refractivity contribution >= 4 is 16.7 Å². The smallest absolute Gasteiger partial charge is 0.287 e. The number of rotatable bonds is 9. The fourth-order valence-corrected chi connectivity index (χ4v) is 5.10. The van der Waals surface area contributed by atoms with E-state index in [0.29, 0.717) is 17.8 Å². The molecule has 1 aliphatic carbocycles. The Hall–Kier alpha value is -2.32.